The Bertz CT molecular complexity index is 297. The van der Waals surface area contributed by atoms with Crippen molar-refractivity contribution in [3.63, 3.8) is 0 Å². The minimum absolute atomic E-state index is 0.873. The van der Waals surface area contributed by atoms with E-state index in [1.54, 1.807) is 6.26 Å². The third-order valence-electron chi connectivity index (χ3n) is 1.87. The first-order valence-electron chi connectivity index (χ1n) is 4.49. The lowest BCUT2D eigenvalue weighted by molar-refractivity contribution is 0.299. The van der Waals surface area contributed by atoms with Crippen molar-refractivity contribution in [1.29, 1.82) is 0 Å². The molecule has 0 fully saturated rings. The number of rotatable bonds is 0. The molecule has 2 nitrogen and oxygen atoms in total. The molecule has 0 unspecified atom stereocenters. The largest absolute Gasteiger partial charge is 0.446 e. The SMILES string of the molecule is C=C1C=CN2C=COC2=C1C.CC. The second-order valence-electron chi connectivity index (χ2n) is 2.58. The summed E-state index contributed by atoms with van der Waals surface area (Å²) in [6, 6.07) is 0. The number of nitrogens with zero attached hydrogens (tertiary/aromatic N) is 1. The number of fused-ring (bicyclic) bond motifs is 1. The van der Waals surface area contributed by atoms with Crippen LogP contribution in [0.4, 0.5) is 0 Å². The van der Waals surface area contributed by atoms with Crippen molar-refractivity contribution >= 4 is 0 Å². The Morgan fingerprint density at radius 1 is 1.31 bits per heavy atom. The second kappa shape index (κ2) is 3.99. The van der Waals surface area contributed by atoms with Gasteiger partial charge in [-0.3, -0.25) is 4.90 Å². The summed E-state index contributed by atoms with van der Waals surface area (Å²) < 4.78 is 5.25. The molecule has 2 aliphatic heterocycles. The molecule has 0 radical (unpaired) electrons. The van der Waals surface area contributed by atoms with E-state index in [-0.39, 0.29) is 0 Å². The molecule has 0 aromatic heterocycles. The van der Waals surface area contributed by atoms with Crippen molar-refractivity contribution in [2.24, 2.45) is 0 Å². The highest BCUT2D eigenvalue weighted by Gasteiger charge is 2.18. The molecule has 2 heterocycles. The number of hydrogen-bond acceptors (Lipinski definition) is 2. The van der Waals surface area contributed by atoms with E-state index in [0.717, 1.165) is 17.0 Å². The van der Waals surface area contributed by atoms with Crippen LogP contribution in [0.1, 0.15) is 20.8 Å². The van der Waals surface area contributed by atoms with Crippen molar-refractivity contribution in [1.82, 2.24) is 4.90 Å². The highest BCUT2D eigenvalue weighted by atomic mass is 16.5. The Morgan fingerprint density at radius 3 is 2.69 bits per heavy atom. The Labute approximate surface area is 79.5 Å². The fraction of sp³-hybridized carbons (Fsp3) is 0.273. The molecule has 2 heteroatoms. The normalized spacial score (nSPS) is 18.1. The van der Waals surface area contributed by atoms with Gasteiger partial charge in [0, 0.05) is 18.0 Å². The Hall–Kier alpha value is -1.44. The minimum atomic E-state index is 0.873. The first-order chi connectivity index (χ1) is 6.29. The molecule has 2 aliphatic rings. The summed E-state index contributed by atoms with van der Waals surface area (Å²) in [5.41, 5.74) is 2.11. The van der Waals surface area contributed by atoms with Crippen molar-refractivity contribution < 1.29 is 4.74 Å². The van der Waals surface area contributed by atoms with E-state index < -0.39 is 0 Å². The molecule has 0 spiro atoms. The lowest BCUT2D eigenvalue weighted by Gasteiger charge is -2.18. The van der Waals surface area contributed by atoms with E-state index in [2.05, 4.69) is 6.58 Å². The third kappa shape index (κ3) is 1.66. The number of ether oxygens (including phenoxy) is 1. The van der Waals surface area contributed by atoms with E-state index in [4.69, 9.17) is 4.74 Å². The molecule has 13 heavy (non-hydrogen) atoms. The van der Waals surface area contributed by atoms with Crippen LogP contribution in [0.15, 0.2) is 48.3 Å². The summed E-state index contributed by atoms with van der Waals surface area (Å²) in [6.07, 6.45) is 7.45. The van der Waals surface area contributed by atoms with Crippen LogP contribution in [-0.4, -0.2) is 4.90 Å². The Balaban J connectivity index is 0.000000396. The predicted molar refractivity (Wildman–Crippen MR) is 54.4 cm³/mol. The predicted octanol–water partition coefficient (Wildman–Crippen LogP) is 3.13. The summed E-state index contributed by atoms with van der Waals surface area (Å²) in [7, 11) is 0. The van der Waals surface area contributed by atoms with Gasteiger partial charge in [0.05, 0.1) is 0 Å². The lowest BCUT2D eigenvalue weighted by atomic mass is 10.1. The van der Waals surface area contributed by atoms with E-state index in [1.807, 2.05) is 44.1 Å². The van der Waals surface area contributed by atoms with E-state index in [9.17, 15) is 0 Å². The molecular weight excluding hydrogens is 162 g/mol. The number of hydrogen-bond donors (Lipinski definition) is 0. The molecule has 0 saturated heterocycles. The minimum Gasteiger partial charge on any atom is -0.446 e. The van der Waals surface area contributed by atoms with Gasteiger partial charge in [-0.05, 0) is 18.6 Å². The quantitative estimate of drug-likeness (QED) is 0.563. The molecule has 0 N–H and O–H groups in total. The second-order valence-corrected chi connectivity index (χ2v) is 2.58. The molecule has 0 aromatic rings. The zero-order valence-corrected chi connectivity index (χ0v) is 8.37. The van der Waals surface area contributed by atoms with Gasteiger partial charge in [-0.1, -0.05) is 20.4 Å². The molecule has 70 valence electrons. The topological polar surface area (TPSA) is 12.5 Å². The van der Waals surface area contributed by atoms with Gasteiger partial charge in [0.1, 0.15) is 6.26 Å². The summed E-state index contributed by atoms with van der Waals surface area (Å²) >= 11 is 0. The molecule has 0 atom stereocenters. The zero-order chi connectivity index (χ0) is 9.84. The maximum atomic E-state index is 5.25. The van der Waals surface area contributed by atoms with Crippen LogP contribution in [0, 0.1) is 0 Å². The summed E-state index contributed by atoms with van der Waals surface area (Å²) in [6.45, 7) is 9.88. The van der Waals surface area contributed by atoms with Gasteiger partial charge >= 0.3 is 0 Å². The van der Waals surface area contributed by atoms with Gasteiger partial charge in [0.2, 0.25) is 5.88 Å². The van der Waals surface area contributed by atoms with Crippen LogP contribution < -0.4 is 0 Å². The first kappa shape index (κ1) is 9.65. The van der Waals surface area contributed by atoms with Crippen LogP contribution in [0.2, 0.25) is 0 Å². The van der Waals surface area contributed by atoms with Crippen LogP contribution in [-0.2, 0) is 4.74 Å². The van der Waals surface area contributed by atoms with Gasteiger partial charge in [0.15, 0.2) is 0 Å². The van der Waals surface area contributed by atoms with Crippen molar-refractivity contribution in [2.75, 3.05) is 0 Å². The standard InChI is InChI=1S/C9H9NO.C2H6/c1-7-3-4-10-5-6-11-9(10)8(7)2;1-2/h3-6H,1H2,2H3;1-2H3. The smallest absolute Gasteiger partial charge is 0.206 e. The van der Waals surface area contributed by atoms with Crippen molar-refractivity contribution in [3.8, 4) is 0 Å². The summed E-state index contributed by atoms with van der Waals surface area (Å²) in [5.74, 6) is 0.873. The van der Waals surface area contributed by atoms with Gasteiger partial charge in [-0.25, -0.2) is 0 Å². The Morgan fingerprint density at radius 2 is 2.00 bits per heavy atom. The highest BCUT2D eigenvalue weighted by molar-refractivity contribution is 5.42. The summed E-state index contributed by atoms with van der Waals surface area (Å²) in [5, 5.41) is 0. The Kier molecular flexibility index (Phi) is 2.96. The van der Waals surface area contributed by atoms with Crippen LogP contribution in [0.25, 0.3) is 0 Å². The van der Waals surface area contributed by atoms with Crippen LogP contribution in [0.5, 0.6) is 0 Å². The molecule has 0 saturated carbocycles. The number of allylic oxidation sites excluding steroid dienone is 3. The maximum absolute atomic E-state index is 5.25. The van der Waals surface area contributed by atoms with E-state index in [1.165, 1.54) is 0 Å². The van der Waals surface area contributed by atoms with Gasteiger partial charge in [-0.2, -0.15) is 0 Å². The highest BCUT2D eigenvalue weighted by Crippen LogP contribution is 2.27. The molecule has 0 aliphatic carbocycles. The third-order valence-corrected chi connectivity index (χ3v) is 1.87. The zero-order valence-electron chi connectivity index (χ0n) is 8.37. The lowest BCUT2D eigenvalue weighted by Crippen LogP contribution is -2.11. The molecule has 0 bridgehead atoms. The van der Waals surface area contributed by atoms with Gasteiger partial charge in [-0.15, -0.1) is 0 Å². The molecule has 2 rings (SSSR count). The monoisotopic (exact) mass is 177 g/mol. The van der Waals surface area contributed by atoms with Crippen LogP contribution >= 0.6 is 0 Å². The summed E-state index contributed by atoms with van der Waals surface area (Å²) in [4.78, 5) is 1.93. The average molecular weight is 177 g/mol. The van der Waals surface area contributed by atoms with Crippen molar-refractivity contribution in [2.45, 2.75) is 20.8 Å². The van der Waals surface area contributed by atoms with E-state index >= 15 is 0 Å². The molecule has 0 amide bonds. The van der Waals surface area contributed by atoms with Crippen LogP contribution in [0.3, 0.4) is 0 Å². The van der Waals surface area contributed by atoms with Gasteiger partial charge < -0.3 is 4.74 Å². The molecule has 0 aromatic carbocycles. The van der Waals surface area contributed by atoms with E-state index in [0.29, 0.717) is 0 Å². The first-order valence-corrected chi connectivity index (χ1v) is 4.49. The maximum Gasteiger partial charge on any atom is 0.206 e. The average Bonchev–Trinajstić information content (AvgIpc) is 2.63. The fourth-order valence-corrected chi connectivity index (χ4v) is 1.12. The van der Waals surface area contributed by atoms with Gasteiger partial charge in [0.25, 0.3) is 0 Å². The fourth-order valence-electron chi connectivity index (χ4n) is 1.12. The molecular formula is C11H15NO. The van der Waals surface area contributed by atoms with Crippen molar-refractivity contribution in [3.05, 3.63) is 48.3 Å².